The van der Waals surface area contributed by atoms with E-state index in [0.29, 0.717) is 11.5 Å². The number of aliphatic hydroxyl groups is 1. The SMILES string of the molecule is CC(C)C1(C)/C(=C/C=N/N=C(\O)c2ccccc2)N(C)c2ccccc21.[Co]. The molecule has 0 aromatic heterocycles. The number of benzene rings is 2. The van der Waals surface area contributed by atoms with Gasteiger partial charge in [-0.3, -0.25) is 0 Å². The predicted octanol–water partition coefficient (Wildman–Crippen LogP) is 4.92. The maximum absolute atomic E-state index is 10.0. The Morgan fingerprint density at radius 2 is 1.70 bits per heavy atom. The van der Waals surface area contributed by atoms with Crippen molar-refractivity contribution in [1.82, 2.24) is 0 Å². The van der Waals surface area contributed by atoms with Gasteiger partial charge < -0.3 is 10.0 Å². The van der Waals surface area contributed by atoms with Crippen LogP contribution in [0.25, 0.3) is 0 Å². The van der Waals surface area contributed by atoms with Crippen LogP contribution in [0.1, 0.15) is 31.9 Å². The van der Waals surface area contributed by atoms with Gasteiger partial charge in [0.1, 0.15) is 0 Å². The number of hydrogen-bond donors (Lipinski definition) is 1. The zero-order valence-electron chi connectivity index (χ0n) is 16.1. The molecule has 1 radical (unpaired) electrons. The quantitative estimate of drug-likeness (QED) is 0.445. The number of anilines is 1. The topological polar surface area (TPSA) is 48.2 Å². The minimum atomic E-state index is -0.0947. The largest absolute Gasteiger partial charge is 0.492 e. The zero-order valence-corrected chi connectivity index (χ0v) is 17.1. The van der Waals surface area contributed by atoms with E-state index in [4.69, 9.17) is 0 Å². The normalized spacial score (nSPS) is 21.0. The van der Waals surface area contributed by atoms with E-state index in [-0.39, 0.29) is 28.1 Å². The number of aliphatic hydroxyl groups excluding tert-OH is 1. The summed E-state index contributed by atoms with van der Waals surface area (Å²) < 4.78 is 0. The van der Waals surface area contributed by atoms with Crippen molar-refractivity contribution in [2.45, 2.75) is 26.2 Å². The molecule has 4 nitrogen and oxygen atoms in total. The third-order valence-corrected chi connectivity index (χ3v) is 5.36. The first-order valence-corrected chi connectivity index (χ1v) is 8.85. The monoisotopic (exact) mass is 406 g/mol. The Bertz CT molecular complexity index is 874. The first-order chi connectivity index (χ1) is 12.5. The molecule has 0 saturated heterocycles. The number of hydrogen-bond acceptors (Lipinski definition) is 3. The average Bonchev–Trinajstić information content (AvgIpc) is 2.88. The summed E-state index contributed by atoms with van der Waals surface area (Å²) in [5, 5.41) is 17.9. The molecule has 143 valence electrons. The van der Waals surface area contributed by atoms with E-state index in [1.807, 2.05) is 24.3 Å². The van der Waals surface area contributed by atoms with Gasteiger partial charge in [0.05, 0.1) is 6.21 Å². The van der Waals surface area contributed by atoms with Crippen molar-refractivity contribution in [1.29, 1.82) is 0 Å². The van der Waals surface area contributed by atoms with Crippen LogP contribution in [0, 0.1) is 5.92 Å². The second-order valence-electron chi connectivity index (χ2n) is 7.04. The van der Waals surface area contributed by atoms with E-state index in [1.165, 1.54) is 16.9 Å². The van der Waals surface area contributed by atoms with Gasteiger partial charge in [-0.2, -0.15) is 5.10 Å². The molecule has 1 N–H and O–H groups in total. The van der Waals surface area contributed by atoms with Crippen LogP contribution >= 0.6 is 0 Å². The summed E-state index contributed by atoms with van der Waals surface area (Å²) >= 11 is 0. The predicted molar refractivity (Wildman–Crippen MR) is 109 cm³/mol. The van der Waals surface area contributed by atoms with Crippen LogP contribution in [0.5, 0.6) is 0 Å². The van der Waals surface area contributed by atoms with Gasteiger partial charge >= 0.3 is 0 Å². The van der Waals surface area contributed by atoms with Gasteiger partial charge in [0, 0.05) is 46.2 Å². The van der Waals surface area contributed by atoms with Gasteiger partial charge in [-0.15, -0.1) is 5.10 Å². The van der Waals surface area contributed by atoms with Gasteiger partial charge in [0.15, 0.2) is 0 Å². The fraction of sp³-hybridized carbons (Fsp3) is 0.273. The van der Waals surface area contributed by atoms with Crippen molar-refractivity contribution >= 4 is 17.8 Å². The Labute approximate surface area is 171 Å². The van der Waals surface area contributed by atoms with Crippen LogP contribution in [-0.4, -0.2) is 24.3 Å². The molecule has 1 aliphatic rings. The third kappa shape index (κ3) is 3.84. The smallest absolute Gasteiger partial charge is 0.238 e. The molecule has 0 saturated carbocycles. The Hall–Kier alpha value is -2.37. The summed E-state index contributed by atoms with van der Waals surface area (Å²) in [5.74, 6) is 0.337. The minimum Gasteiger partial charge on any atom is -0.492 e. The molecule has 0 amide bonds. The summed E-state index contributed by atoms with van der Waals surface area (Å²) in [7, 11) is 2.08. The van der Waals surface area contributed by atoms with Gasteiger partial charge in [-0.25, -0.2) is 0 Å². The van der Waals surface area contributed by atoms with Gasteiger partial charge in [0.25, 0.3) is 0 Å². The Morgan fingerprint density at radius 3 is 2.37 bits per heavy atom. The van der Waals surface area contributed by atoms with E-state index < -0.39 is 0 Å². The van der Waals surface area contributed by atoms with Crippen LogP contribution in [0.4, 0.5) is 5.69 Å². The molecule has 2 aromatic carbocycles. The summed E-state index contributed by atoms with van der Waals surface area (Å²) in [5.41, 5.74) is 4.27. The van der Waals surface area contributed by atoms with Crippen LogP contribution < -0.4 is 4.90 Å². The van der Waals surface area contributed by atoms with Crippen LogP contribution in [0.3, 0.4) is 0 Å². The number of allylic oxidation sites excluding steroid dienone is 2. The van der Waals surface area contributed by atoms with Gasteiger partial charge in [-0.1, -0.05) is 50.2 Å². The minimum absolute atomic E-state index is 0. The first kappa shape index (κ1) is 20.9. The van der Waals surface area contributed by atoms with Crippen molar-refractivity contribution in [3.05, 3.63) is 77.5 Å². The van der Waals surface area contributed by atoms with E-state index >= 15 is 0 Å². The average molecular weight is 406 g/mol. The van der Waals surface area contributed by atoms with Crippen molar-refractivity contribution < 1.29 is 21.9 Å². The molecule has 0 spiro atoms. The molecule has 1 aliphatic heterocycles. The maximum atomic E-state index is 10.0. The standard InChI is InChI=1S/C22H25N3O.Co/c1-16(2)22(3)18-12-8-9-13-19(18)25(4)20(22)14-15-23-24-21(26)17-10-6-5-7-11-17;/h5-16H,1-4H3,(H,24,26);/b20-14-,23-15+;. The summed E-state index contributed by atoms with van der Waals surface area (Å²) in [4.78, 5) is 2.21. The van der Waals surface area contributed by atoms with E-state index in [9.17, 15) is 5.11 Å². The zero-order chi connectivity index (χ0) is 18.7. The fourth-order valence-corrected chi connectivity index (χ4v) is 3.55. The van der Waals surface area contributed by atoms with Gasteiger partial charge in [-0.05, 0) is 42.7 Å². The van der Waals surface area contributed by atoms with Crippen molar-refractivity contribution in [2.75, 3.05) is 11.9 Å². The molecular weight excluding hydrogens is 381 g/mol. The summed E-state index contributed by atoms with van der Waals surface area (Å²) in [6, 6.07) is 17.7. The molecule has 3 rings (SSSR count). The molecular formula is C22H25CoN3O. The fourth-order valence-electron chi connectivity index (χ4n) is 3.55. The van der Waals surface area contributed by atoms with E-state index in [0.717, 1.165) is 0 Å². The number of nitrogens with zero attached hydrogens (tertiary/aromatic N) is 3. The van der Waals surface area contributed by atoms with Crippen LogP contribution in [0.2, 0.25) is 0 Å². The van der Waals surface area contributed by atoms with Crippen LogP contribution in [-0.2, 0) is 22.2 Å². The molecule has 1 unspecified atom stereocenters. The summed E-state index contributed by atoms with van der Waals surface area (Å²) in [6.07, 6.45) is 3.64. The maximum Gasteiger partial charge on any atom is 0.238 e. The van der Waals surface area contributed by atoms with Gasteiger partial charge in [0.2, 0.25) is 5.90 Å². The van der Waals surface area contributed by atoms with Crippen molar-refractivity contribution in [3.8, 4) is 0 Å². The summed E-state index contributed by atoms with van der Waals surface area (Å²) in [6.45, 7) is 6.74. The third-order valence-electron chi connectivity index (χ3n) is 5.36. The molecule has 0 bridgehead atoms. The van der Waals surface area contributed by atoms with Crippen molar-refractivity contribution in [3.63, 3.8) is 0 Å². The molecule has 1 heterocycles. The second kappa shape index (κ2) is 8.54. The van der Waals surface area contributed by atoms with Crippen LogP contribution in [0.15, 0.2) is 76.6 Å². The number of fused-ring (bicyclic) bond motifs is 1. The molecule has 27 heavy (non-hydrogen) atoms. The Morgan fingerprint density at radius 1 is 1.07 bits per heavy atom. The van der Waals surface area contributed by atoms with E-state index in [1.54, 1.807) is 18.3 Å². The second-order valence-corrected chi connectivity index (χ2v) is 7.04. The Kier molecular flexibility index (Phi) is 6.62. The van der Waals surface area contributed by atoms with Crippen molar-refractivity contribution in [2.24, 2.45) is 16.1 Å². The van der Waals surface area contributed by atoms with E-state index in [2.05, 4.69) is 67.2 Å². The molecule has 0 aliphatic carbocycles. The number of rotatable bonds is 4. The number of likely N-dealkylation sites (N-methyl/N-ethyl adjacent to an activating group) is 1. The molecule has 0 fully saturated rings. The number of para-hydroxylation sites is 1. The first-order valence-electron chi connectivity index (χ1n) is 8.85. The molecule has 2 aromatic rings. The Balaban J connectivity index is 0.00000261. The molecule has 5 heteroatoms. The molecule has 1 atom stereocenters.